The van der Waals surface area contributed by atoms with E-state index in [4.69, 9.17) is 10.5 Å². The van der Waals surface area contributed by atoms with Crippen LogP contribution in [-0.4, -0.2) is 72.2 Å². The summed E-state index contributed by atoms with van der Waals surface area (Å²) >= 11 is 0. The Bertz CT molecular complexity index is 1130. The highest BCUT2D eigenvalue weighted by molar-refractivity contribution is 6.13. The van der Waals surface area contributed by atoms with Crippen molar-refractivity contribution < 1.29 is 33.5 Å². The summed E-state index contributed by atoms with van der Waals surface area (Å²) in [7, 11) is 0. The fourth-order valence-electron chi connectivity index (χ4n) is 3.68. The standard InChI is InChI=1S/C28H40N6O7/c1-18(32-22(35)13-15-34-23(36)11-12-24(34)37)25(38)33-21(6-5-14-30-27(29)40)16-31-20-9-7-19(8-10-20)17-41-26(39)28(2,3)4/h7-12,18,21,31H,5-6,13-17H2,1-4H3,(H,32,35)(H,33,38)(H3,29,30,40)/t18-,21-/m0/s1. The van der Waals surface area contributed by atoms with Crippen LogP contribution >= 0.6 is 0 Å². The Balaban J connectivity index is 1.88. The normalized spacial score (nSPS) is 14.3. The second kappa shape index (κ2) is 15.4. The van der Waals surface area contributed by atoms with Crippen molar-refractivity contribution in [3.63, 3.8) is 0 Å². The first-order chi connectivity index (χ1) is 19.3. The molecule has 1 aliphatic heterocycles. The Labute approximate surface area is 239 Å². The molecule has 0 saturated heterocycles. The van der Waals surface area contributed by atoms with Crippen molar-refractivity contribution in [3.8, 4) is 0 Å². The molecule has 0 unspecified atom stereocenters. The van der Waals surface area contributed by atoms with Gasteiger partial charge in [-0.05, 0) is 58.2 Å². The lowest BCUT2D eigenvalue weighted by Gasteiger charge is -2.23. The summed E-state index contributed by atoms with van der Waals surface area (Å²) in [6, 6.07) is 5.48. The Morgan fingerprint density at radius 2 is 1.63 bits per heavy atom. The number of nitrogens with zero attached hydrogens (tertiary/aromatic N) is 1. The molecule has 0 spiro atoms. The zero-order valence-electron chi connectivity index (χ0n) is 24.0. The molecule has 0 radical (unpaired) electrons. The van der Waals surface area contributed by atoms with Crippen LogP contribution < -0.4 is 27.0 Å². The first-order valence-electron chi connectivity index (χ1n) is 13.4. The third-order valence-corrected chi connectivity index (χ3v) is 6.10. The van der Waals surface area contributed by atoms with E-state index in [1.165, 1.54) is 6.92 Å². The highest BCUT2D eigenvalue weighted by Crippen LogP contribution is 2.17. The zero-order chi connectivity index (χ0) is 30.6. The number of nitrogens with two attached hydrogens (primary N) is 1. The van der Waals surface area contributed by atoms with Crippen LogP contribution in [-0.2, 0) is 35.3 Å². The lowest BCUT2D eigenvalue weighted by atomic mass is 9.97. The van der Waals surface area contributed by atoms with Crippen LogP contribution in [0.1, 0.15) is 52.5 Å². The van der Waals surface area contributed by atoms with Gasteiger partial charge in [0, 0.05) is 49.9 Å². The Morgan fingerprint density at radius 1 is 1.00 bits per heavy atom. The number of carbonyl (C=O) groups is 6. The van der Waals surface area contributed by atoms with Gasteiger partial charge in [-0.2, -0.15) is 0 Å². The van der Waals surface area contributed by atoms with Crippen molar-refractivity contribution in [2.24, 2.45) is 11.1 Å². The van der Waals surface area contributed by atoms with Crippen molar-refractivity contribution in [1.29, 1.82) is 0 Å². The number of esters is 1. The number of rotatable bonds is 15. The van der Waals surface area contributed by atoms with E-state index >= 15 is 0 Å². The average Bonchev–Trinajstić information content (AvgIpc) is 3.23. The van der Waals surface area contributed by atoms with Gasteiger partial charge in [-0.25, -0.2) is 4.79 Å². The fourth-order valence-corrected chi connectivity index (χ4v) is 3.68. The number of primary amides is 1. The van der Waals surface area contributed by atoms with Gasteiger partial charge in [-0.3, -0.25) is 28.9 Å². The van der Waals surface area contributed by atoms with Crippen molar-refractivity contribution >= 4 is 41.3 Å². The van der Waals surface area contributed by atoms with Crippen molar-refractivity contribution in [1.82, 2.24) is 20.9 Å². The molecule has 0 aliphatic carbocycles. The minimum Gasteiger partial charge on any atom is -0.460 e. The van der Waals surface area contributed by atoms with Crippen molar-refractivity contribution in [2.45, 2.75) is 65.6 Å². The van der Waals surface area contributed by atoms with Crippen LogP contribution in [0.25, 0.3) is 0 Å². The molecular weight excluding hydrogens is 532 g/mol. The van der Waals surface area contributed by atoms with Crippen LogP contribution in [0.5, 0.6) is 0 Å². The van der Waals surface area contributed by atoms with Crippen molar-refractivity contribution in [3.05, 3.63) is 42.0 Å². The monoisotopic (exact) mass is 572 g/mol. The number of anilines is 1. The number of hydrogen-bond acceptors (Lipinski definition) is 8. The van der Waals surface area contributed by atoms with Gasteiger partial charge in [0.15, 0.2) is 0 Å². The summed E-state index contributed by atoms with van der Waals surface area (Å²) in [5, 5.41) is 11.3. The molecule has 0 aromatic heterocycles. The maximum Gasteiger partial charge on any atom is 0.312 e. The fraction of sp³-hybridized carbons (Fsp3) is 0.500. The molecule has 0 saturated carbocycles. The van der Waals surface area contributed by atoms with Crippen LogP contribution in [0.15, 0.2) is 36.4 Å². The van der Waals surface area contributed by atoms with Crippen LogP contribution in [0.2, 0.25) is 0 Å². The lowest BCUT2D eigenvalue weighted by Crippen LogP contribution is -2.50. The minimum atomic E-state index is -0.869. The number of amides is 6. The van der Waals surface area contributed by atoms with E-state index in [9.17, 15) is 28.8 Å². The van der Waals surface area contributed by atoms with Gasteiger partial charge in [0.2, 0.25) is 11.8 Å². The average molecular weight is 573 g/mol. The van der Waals surface area contributed by atoms with E-state index in [0.717, 1.165) is 28.3 Å². The van der Waals surface area contributed by atoms with E-state index in [-0.39, 0.29) is 31.6 Å². The maximum absolute atomic E-state index is 12.8. The molecule has 6 N–H and O–H groups in total. The summed E-state index contributed by atoms with van der Waals surface area (Å²) in [5.74, 6) is -2.14. The van der Waals surface area contributed by atoms with Gasteiger partial charge < -0.3 is 31.7 Å². The molecule has 41 heavy (non-hydrogen) atoms. The van der Waals surface area contributed by atoms with Gasteiger partial charge in [0.05, 0.1) is 5.41 Å². The zero-order valence-corrected chi connectivity index (χ0v) is 24.0. The predicted molar refractivity (Wildman–Crippen MR) is 151 cm³/mol. The number of imide groups is 1. The topological polar surface area (TPSA) is 189 Å². The smallest absolute Gasteiger partial charge is 0.312 e. The Morgan fingerprint density at radius 3 is 2.22 bits per heavy atom. The third kappa shape index (κ3) is 11.7. The first-order valence-corrected chi connectivity index (χ1v) is 13.4. The molecule has 1 heterocycles. The molecule has 0 bridgehead atoms. The van der Waals surface area contributed by atoms with Gasteiger partial charge in [0.1, 0.15) is 12.6 Å². The number of hydrogen-bond donors (Lipinski definition) is 5. The second-order valence-electron chi connectivity index (χ2n) is 10.7. The number of benzene rings is 1. The SMILES string of the molecule is C[C@H](NC(=O)CCN1C(=O)C=CC1=O)C(=O)N[C@@H](CCCNC(N)=O)CNc1ccc(COC(=O)C(C)(C)C)cc1. The highest BCUT2D eigenvalue weighted by atomic mass is 16.5. The van der Waals surface area contributed by atoms with Crippen LogP contribution in [0, 0.1) is 5.41 Å². The number of nitrogens with one attached hydrogen (secondary N) is 4. The number of urea groups is 1. The molecule has 1 aromatic rings. The summed E-state index contributed by atoms with van der Waals surface area (Å²) in [4.78, 5) is 72.3. The predicted octanol–water partition coefficient (Wildman–Crippen LogP) is 0.941. The quantitative estimate of drug-likeness (QED) is 0.117. The molecule has 13 heteroatoms. The summed E-state index contributed by atoms with van der Waals surface area (Å²) in [5.41, 5.74) is 6.15. The molecule has 6 amide bonds. The van der Waals surface area contributed by atoms with Crippen LogP contribution in [0.4, 0.5) is 10.5 Å². The molecule has 0 fully saturated rings. The summed E-state index contributed by atoms with van der Waals surface area (Å²) in [6.45, 7) is 7.66. The Hall–Kier alpha value is -4.42. The molecule has 224 valence electrons. The lowest BCUT2D eigenvalue weighted by molar-refractivity contribution is -0.154. The van der Waals surface area contributed by atoms with E-state index in [1.807, 2.05) is 24.3 Å². The van der Waals surface area contributed by atoms with Gasteiger partial charge >= 0.3 is 12.0 Å². The van der Waals surface area contributed by atoms with Crippen LogP contribution in [0.3, 0.4) is 0 Å². The van der Waals surface area contributed by atoms with Gasteiger partial charge in [0.25, 0.3) is 11.8 Å². The van der Waals surface area contributed by atoms with E-state index in [0.29, 0.717) is 25.9 Å². The molecule has 2 rings (SSSR count). The minimum absolute atomic E-state index is 0.0813. The second-order valence-corrected chi connectivity index (χ2v) is 10.7. The number of ether oxygens (including phenoxy) is 1. The Kier molecular flexibility index (Phi) is 12.3. The van der Waals surface area contributed by atoms with E-state index in [1.54, 1.807) is 20.8 Å². The summed E-state index contributed by atoms with van der Waals surface area (Å²) < 4.78 is 5.34. The van der Waals surface area contributed by atoms with Crippen molar-refractivity contribution in [2.75, 3.05) is 25.0 Å². The van der Waals surface area contributed by atoms with Gasteiger partial charge in [-0.15, -0.1) is 0 Å². The third-order valence-electron chi connectivity index (χ3n) is 6.10. The molecule has 1 aromatic carbocycles. The molecule has 13 nitrogen and oxygen atoms in total. The molecule has 2 atom stereocenters. The molecule has 1 aliphatic rings. The highest BCUT2D eigenvalue weighted by Gasteiger charge is 2.25. The van der Waals surface area contributed by atoms with Gasteiger partial charge in [-0.1, -0.05) is 12.1 Å². The largest absolute Gasteiger partial charge is 0.460 e. The van der Waals surface area contributed by atoms with E-state index < -0.39 is 41.1 Å². The molecular formula is C28H40N6O7. The summed E-state index contributed by atoms with van der Waals surface area (Å²) in [6.07, 6.45) is 3.20. The first kappa shape index (κ1) is 32.8. The maximum atomic E-state index is 12.8. The van der Waals surface area contributed by atoms with E-state index in [2.05, 4.69) is 21.3 Å². The number of carbonyl (C=O) groups excluding carboxylic acids is 6.